The number of nitrogens with zero attached hydrogens (tertiary/aromatic N) is 1. The third kappa shape index (κ3) is 3.12. The second kappa shape index (κ2) is 4.94. The molecule has 0 fully saturated rings. The minimum Gasteiger partial charge on any atom is -0.351 e. The zero-order chi connectivity index (χ0) is 9.68. The predicted molar refractivity (Wildman–Crippen MR) is 52.9 cm³/mol. The molecule has 0 radical (unpaired) electrons. The molecule has 0 unspecified atom stereocenters. The number of nitrogens with one attached hydrogen (secondary N) is 1. The molecule has 0 spiro atoms. The van der Waals surface area contributed by atoms with Crippen LogP contribution in [-0.4, -0.2) is 24.0 Å². The third-order valence-electron chi connectivity index (χ3n) is 1.51. The van der Waals surface area contributed by atoms with Crippen LogP contribution in [0.1, 0.15) is 21.1 Å². The summed E-state index contributed by atoms with van der Waals surface area (Å²) in [6.07, 6.45) is 2.40. The van der Waals surface area contributed by atoms with Crippen molar-refractivity contribution >= 4 is 17.2 Å². The molecule has 0 saturated heterocycles. The van der Waals surface area contributed by atoms with Gasteiger partial charge < -0.3 is 11.1 Å². The van der Waals surface area contributed by atoms with Crippen LogP contribution in [0.2, 0.25) is 0 Å². The largest absolute Gasteiger partial charge is 0.351 e. The molecule has 72 valence electrons. The first-order valence-electron chi connectivity index (χ1n) is 4.14. The van der Waals surface area contributed by atoms with Gasteiger partial charge in [0.05, 0.1) is 11.2 Å². The Morgan fingerprint density at radius 1 is 1.77 bits per heavy atom. The number of hydrogen-bond acceptors (Lipinski definition) is 4. The summed E-state index contributed by atoms with van der Waals surface area (Å²) >= 11 is 1.40. The fraction of sp³-hybridized carbons (Fsp3) is 0.500. The molecule has 1 rings (SSSR count). The van der Waals surface area contributed by atoms with Gasteiger partial charge in [-0.2, -0.15) is 0 Å². The first-order chi connectivity index (χ1) is 6.24. The van der Waals surface area contributed by atoms with Gasteiger partial charge in [-0.15, -0.1) is 11.3 Å². The van der Waals surface area contributed by atoms with Crippen LogP contribution in [0.5, 0.6) is 0 Å². The van der Waals surface area contributed by atoms with Crippen LogP contribution in [0.15, 0.2) is 6.20 Å². The number of amides is 1. The van der Waals surface area contributed by atoms with Gasteiger partial charge in [-0.1, -0.05) is 0 Å². The summed E-state index contributed by atoms with van der Waals surface area (Å²) < 4.78 is 0. The van der Waals surface area contributed by atoms with E-state index in [0.29, 0.717) is 18.0 Å². The molecule has 0 saturated carbocycles. The fourth-order valence-corrected chi connectivity index (χ4v) is 1.55. The van der Waals surface area contributed by atoms with Gasteiger partial charge in [0.1, 0.15) is 4.88 Å². The van der Waals surface area contributed by atoms with E-state index in [1.807, 2.05) is 6.92 Å². The first-order valence-corrected chi connectivity index (χ1v) is 4.96. The highest BCUT2D eigenvalue weighted by atomic mass is 32.1. The molecular weight excluding hydrogens is 186 g/mol. The number of carbonyl (C=O) groups excluding carboxylic acids is 1. The lowest BCUT2D eigenvalue weighted by Crippen LogP contribution is -2.25. The monoisotopic (exact) mass is 199 g/mol. The van der Waals surface area contributed by atoms with Crippen molar-refractivity contribution in [3.8, 4) is 0 Å². The summed E-state index contributed by atoms with van der Waals surface area (Å²) in [7, 11) is 0. The molecule has 5 heteroatoms. The lowest BCUT2D eigenvalue weighted by Gasteiger charge is -2.00. The van der Waals surface area contributed by atoms with Crippen LogP contribution < -0.4 is 11.1 Å². The maximum absolute atomic E-state index is 11.4. The summed E-state index contributed by atoms with van der Waals surface area (Å²) in [6, 6.07) is 0. The van der Waals surface area contributed by atoms with Crippen LogP contribution in [0, 0.1) is 6.92 Å². The summed E-state index contributed by atoms with van der Waals surface area (Å²) in [6.45, 7) is 3.11. The van der Waals surface area contributed by atoms with Gasteiger partial charge in [0, 0.05) is 6.54 Å². The van der Waals surface area contributed by atoms with Crippen molar-refractivity contribution in [2.24, 2.45) is 5.73 Å². The maximum Gasteiger partial charge on any atom is 0.263 e. The Balaban J connectivity index is 2.40. The van der Waals surface area contributed by atoms with Gasteiger partial charge in [0.2, 0.25) is 0 Å². The Hall–Kier alpha value is -0.940. The van der Waals surface area contributed by atoms with Gasteiger partial charge in [-0.05, 0) is 19.9 Å². The lowest BCUT2D eigenvalue weighted by atomic mass is 10.4. The Morgan fingerprint density at radius 3 is 3.08 bits per heavy atom. The van der Waals surface area contributed by atoms with E-state index in [-0.39, 0.29) is 5.91 Å². The zero-order valence-corrected chi connectivity index (χ0v) is 8.36. The molecule has 1 amide bonds. The molecule has 0 atom stereocenters. The van der Waals surface area contributed by atoms with E-state index < -0.39 is 0 Å². The number of nitrogens with two attached hydrogens (primary N) is 1. The third-order valence-corrected chi connectivity index (χ3v) is 2.42. The van der Waals surface area contributed by atoms with Crippen LogP contribution in [0.25, 0.3) is 0 Å². The smallest absolute Gasteiger partial charge is 0.263 e. The van der Waals surface area contributed by atoms with E-state index in [1.165, 1.54) is 11.3 Å². The number of rotatable bonds is 4. The molecule has 0 aliphatic heterocycles. The molecule has 1 aromatic rings. The maximum atomic E-state index is 11.4. The molecule has 0 aromatic carbocycles. The number of aryl methyl sites for hydroxylation is 1. The van der Waals surface area contributed by atoms with Gasteiger partial charge in [0.15, 0.2) is 0 Å². The highest BCUT2D eigenvalue weighted by Gasteiger charge is 2.06. The molecule has 4 nitrogen and oxygen atoms in total. The van der Waals surface area contributed by atoms with Crippen molar-refractivity contribution in [2.45, 2.75) is 13.3 Å². The fourth-order valence-electron chi connectivity index (χ4n) is 0.857. The highest BCUT2D eigenvalue weighted by molar-refractivity contribution is 7.13. The average Bonchev–Trinajstić information content (AvgIpc) is 2.52. The molecular formula is C8H13N3OS. The molecule has 0 bridgehead atoms. The van der Waals surface area contributed by atoms with Gasteiger partial charge in [-0.3, -0.25) is 4.79 Å². The summed E-state index contributed by atoms with van der Waals surface area (Å²) in [5.74, 6) is -0.0564. The van der Waals surface area contributed by atoms with Crippen molar-refractivity contribution in [2.75, 3.05) is 13.1 Å². The normalized spacial score (nSPS) is 10.0. The number of aromatic nitrogens is 1. The van der Waals surface area contributed by atoms with Gasteiger partial charge in [-0.25, -0.2) is 4.98 Å². The van der Waals surface area contributed by atoms with Crippen molar-refractivity contribution in [3.05, 3.63) is 16.1 Å². The SMILES string of the molecule is Cc1ncc(C(=O)NCCCN)s1. The van der Waals surface area contributed by atoms with Crippen LogP contribution in [0.4, 0.5) is 0 Å². The van der Waals surface area contributed by atoms with E-state index >= 15 is 0 Å². The molecule has 3 N–H and O–H groups in total. The van der Waals surface area contributed by atoms with Gasteiger partial charge in [0.25, 0.3) is 5.91 Å². The van der Waals surface area contributed by atoms with Crippen molar-refractivity contribution in [3.63, 3.8) is 0 Å². The van der Waals surface area contributed by atoms with E-state index in [1.54, 1.807) is 6.20 Å². The van der Waals surface area contributed by atoms with Crippen molar-refractivity contribution in [1.29, 1.82) is 0 Å². The quantitative estimate of drug-likeness (QED) is 0.695. The molecule has 1 aromatic heterocycles. The predicted octanol–water partition coefficient (Wildman–Crippen LogP) is 0.530. The Kier molecular flexibility index (Phi) is 3.85. The first kappa shape index (κ1) is 10.1. The minimum atomic E-state index is -0.0564. The molecule has 13 heavy (non-hydrogen) atoms. The van der Waals surface area contributed by atoms with E-state index in [0.717, 1.165) is 11.4 Å². The van der Waals surface area contributed by atoms with E-state index in [2.05, 4.69) is 10.3 Å². The second-order valence-corrected chi connectivity index (χ2v) is 3.88. The van der Waals surface area contributed by atoms with E-state index in [9.17, 15) is 4.79 Å². The van der Waals surface area contributed by atoms with Crippen molar-refractivity contribution in [1.82, 2.24) is 10.3 Å². The summed E-state index contributed by atoms with van der Waals surface area (Å²) in [5, 5.41) is 3.67. The van der Waals surface area contributed by atoms with Crippen LogP contribution >= 0.6 is 11.3 Å². The van der Waals surface area contributed by atoms with E-state index in [4.69, 9.17) is 5.73 Å². The Bertz CT molecular complexity index is 285. The molecule has 0 aliphatic rings. The minimum absolute atomic E-state index is 0.0564. The number of carbonyl (C=O) groups is 1. The standard InChI is InChI=1S/C8H13N3OS/c1-6-11-5-7(13-6)8(12)10-4-2-3-9/h5H,2-4,9H2,1H3,(H,10,12). The highest BCUT2D eigenvalue weighted by Crippen LogP contribution is 2.10. The Labute approximate surface area is 81.2 Å². The molecule has 0 aliphatic carbocycles. The lowest BCUT2D eigenvalue weighted by molar-refractivity contribution is 0.0957. The summed E-state index contributed by atoms with van der Waals surface area (Å²) in [5.41, 5.74) is 5.30. The average molecular weight is 199 g/mol. The summed E-state index contributed by atoms with van der Waals surface area (Å²) in [4.78, 5) is 16.0. The topological polar surface area (TPSA) is 68.0 Å². The number of thiazole rings is 1. The molecule has 1 heterocycles. The van der Waals surface area contributed by atoms with Gasteiger partial charge >= 0.3 is 0 Å². The Morgan fingerprint density at radius 2 is 2.54 bits per heavy atom. The second-order valence-electron chi connectivity index (χ2n) is 2.64. The number of hydrogen-bond donors (Lipinski definition) is 2. The van der Waals surface area contributed by atoms with Crippen molar-refractivity contribution < 1.29 is 4.79 Å². The van der Waals surface area contributed by atoms with Crippen LogP contribution in [0.3, 0.4) is 0 Å². The zero-order valence-electron chi connectivity index (χ0n) is 7.54. The van der Waals surface area contributed by atoms with Crippen LogP contribution in [-0.2, 0) is 0 Å².